The van der Waals surface area contributed by atoms with E-state index in [1.165, 1.54) is 0 Å². The highest BCUT2D eigenvalue weighted by Gasteiger charge is 2.50. The van der Waals surface area contributed by atoms with Gasteiger partial charge in [-0.25, -0.2) is 4.79 Å². The Morgan fingerprint density at radius 3 is 2.42 bits per heavy atom. The fraction of sp³-hybridized carbons (Fsp3) is 0.286. The first-order valence-corrected chi connectivity index (χ1v) is 11.5. The first-order chi connectivity index (χ1) is 16.1. The number of carbonyl (C=O) groups is 2. The van der Waals surface area contributed by atoms with Gasteiger partial charge in [0.1, 0.15) is 11.4 Å². The molecule has 168 valence electrons. The lowest BCUT2D eigenvalue weighted by Gasteiger charge is -2.44. The number of nitrogens with zero attached hydrogens (tertiary/aromatic N) is 1. The van der Waals surface area contributed by atoms with Gasteiger partial charge in [0, 0.05) is 12.2 Å². The molecule has 5 nitrogen and oxygen atoms in total. The quantitative estimate of drug-likeness (QED) is 0.465. The minimum Gasteiger partial charge on any atom is -0.508 e. The third-order valence-corrected chi connectivity index (χ3v) is 6.80. The van der Waals surface area contributed by atoms with E-state index in [-0.39, 0.29) is 18.0 Å². The number of para-hydroxylation sites is 1. The maximum atomic E-state index is 13.6. The molecule has 3 aromatic rings. The number of aryl methyl sites for hydroxylation is 2. The fourth-order valence-electron chi connectivity index (χ4n) is 5.12. The van der Waals surface area contributed by atoms with Crippen molar-refractivity contribution in [3.8, 4) is 5.75 Å². The van der Waals surface area contributed by atoms with Gasteiger partial charge in [-0.2, -0.15) is 0 Å². The largest absolute Gasteiger partial charge is 0.508 e. The molecule has 0 amide bonds. The van der Waals surface area contributed by atoms with E-state index in [1.54, 1.807) is 12.1 Å². The van der Waals surface area contributed by atoms with Crippen LogP contribution in [0.25, 0.3) is 0 Å². The lowest BCUT2D eigenvalue weighted by Crippen LogP contribution is -2.57. The number of benzene rings is 3. The molecule has 0 aromatic heterocycles. The van der Waals surface area contributed by atoms with E-state index in [0.717, 1.165) is 35.2 Å². The van der Waals surface area contributed by atoms with Gasteiger partial charge in [-0.3, -0.25) is 4.79 Å². The average molecular weight is 442 g/mol. The Kier molecular flexibility index (Phi) is 5.63. The van der Waals surface area contributed by atoms with Crippen molar-refractivity contribution in [2.45, 2.75) is 43.7 Å². The molecule has 0 aliphatic carbocycles. The summed E-state index contributed by atoms with van der Waals surface area (Å²) in [7, 11) is 0. The predicted molar refractivity (Wildman–Crippen MR) is 126 cm³/mol. The van der Waals surface area contributed by atoms with Gasteiger partial charge in [0.15, 0.2) is 11.8 Å². The number of anilines is 1. The monoisotopic (exact) mass is 441 g/mol. The number of cyclic esters (lactones) is 1. The van der Waals surface area contributed by atoms with E-state index < -0.39 is 17.6 Å². The van der Waals surface area contributed by atoms with Crippen LogP contribution in [-0.4, -0.2) is 29.4 Å². The van der Waals surface area contributed by atoms with E-state index in [0.29, 0.717) is 19.4 Å². The van der Waals surface area contributed by atoms with Crippen molar-refractivity contribution in [1.82, 2.24) is 0 Å². The fourth-order valence-corrected chi connectivity index (χ4v) is 5.12. The number of esters is 1. The number of rotatable bonds is 5. The third-order valence-electron chi connectivity index (χ3n) is 6.80. The first-order valence-electron chi connectivity index (χ1n) is 11.5. The second kappa shape index (κ2) is 8.74. The maximum absolute atomic E-state index is 13.6. The molecular weight excluding hydrogens is 414 g/mol. The smallest absolute Gasteiger partial charge is 0.337 e. The molecule has 2 aliphatic rings. The molecule has 33 heavy (non-hydrogen) atoms. The van der Waals surface area contributed by atoms with Crippen molar-refractivity contribution in [3.63, 3.8) is 0 Å². The van der Waals surface area contributed by atoms with Crippen LogP contribution < -0.4 is 4.90 Å². The number of ketones is 1. The summed E-state index contributed by atoms with van der Waals surface area (Å²) in [5.74, 6) is -0.365. The molecule has 1 N–H and O–H groups in total. The van der Waals surface area contributed by atoms with Gasteiger partial charge in [-0.1, -0.05) is 60.7 Å². The average Bonchev–Trinajstić information content (AvgIpc) is 2.84. The van der Waals surface area contributed by atoms with Crippen molar-refractivity contribution in [2.75, 3.05) is 11.4 Å². The van der Waals surface area contributed by atoms with Crippen molar-refractivity contribution in [1.29, 1.82) is 0 Å². The number of hydrogen-bond acceptors (Lipinski definition) is 5. The summed E-state index contributed by atoms with van der Waals surface area (Å²) < 4.78 is 6.21. The second-order valence-electron chi connectivity index (χ2n) is 8.92. The van der Waals surface area contributed by atoms with Crippen LogP contribution in [0.15, 0.2) is 78.9 Å². The summed E-state index contributed by atoms with van der Waals surface area (Å²) in [6.07, 6.45) is 3.10. The second-order valence-corrected chi connectivity index (χ2v) is 8.92. The summed E-state index contributed by atoms with van der Waals surface area (Å²) in [6.45, 7) is 0.661. The van der Waals surface area contributed by atoms with Gasteiger partial charge in [-0.15, -0.1) is 0 Å². The topological polar surface area (TPSA) is 66.8 Å². The highest BCUT2D eigenvalue weighted by atomic mass is 16.6. The van der Waals surface area contributed by atoms with Crippen molar-refractivity contribution >= 4 is 17.4 Å². The molecule has 0 bridgehead atoms. The highest BCUT2D eigenvalue weighted by Crippen LogP contribution is 2.41. The van der Waals surface area contributed by atoms with Crippen LogP contribution in [0.1, 0.15) is 36.0 Å². The molecule has 0 spiro atoms. The Labute approximate surface area is 193 Å². The summed E-state index contributed by atoms with van der Waals surface area (Å²) in [4.78, 5) is 29.0. The Morgan fingerprint density at radius 1 is 0.939 bits per heavy atom. The van der Waals surface area contributed by atoms with Gasteiger partial charge in [-0.05, 0) is 60.6 Å². The molecule has 2 aliphatic heterocycles. The van der Waals surface area contributed by atoms with E-state index >= 15 is 0 Å². The summed E-state index contributed by atoms with van der Waals surface area (Å²) in [6, 6.07) is 23.7. The molecule has 2 unspecified atom stereocenters. The Bertz CT molecular complexity index is 1140. The van der Waals surface area contributed by atoms with Crippen LogP contribution in [0.4, 0.5) is 5.69 Å². The number of hydrogen-bond donors (Lipinski definition) is 1. The maximum Gasteiger partial charge on any atom is 0.337 e. The van der Waals surface area contributed by atoms with Crippen molar-refractivity contribution < 1.29 is 19.4 Å². The van der Waals surface area contributed by atoms with Gasteiger partial charge < -0.3 is 14.7 Å². The van der Waals surface area contributed by atoms with Crippen molar-refractivity contribution in [2.24, 2.45) is 0 Å². The first kappa shape index (κ1) is 21.3. The standard InChI is InChI=1S/C28H27NO4/c30-23-14-12-20(13-15-23)16-17-28(22-9-2-1-3-10-22)19-25(31)26(27(32)33-28)29-18-6-8-21-7-4-5-11-24(21)29/h1-5,7,9-15,26,30H,6,8,16-19H2. The predicted octanol–water partition coefficient (Wildman–Crippen LogP) is 4.56. The molecule has 0 saturated carbocycles. The van der Waals surface area contributed by atoms with Gasteiger partial charge in [0.2, 0.25) is 0 Å². The van der Waals surface area contributed by atoms with E-state index in [2.05, 4.69) is 6.07 Å². The number of phenolic OH excluding ortho intramolecular Hbond substituents is 1. The summed E-state index contributed by atoms with van der Waals surface area (Å²) in [5.41, 5.74) is 2.97. The summed E-state index contributed by atoms with van der Waals surface area (Å²) in [5, 5.41) is 9.58. The molecule has 2 atom stereocenters. The number of carbonyl (C=O) groups excluding carboxylic acids is 2. The van der Waals surface area contributed by atoms with E-state index in [1.807, 2.05) is 65.6 Å². The molecule has 1 saturated heterocycles. The van der Waals surface area contributed by atoms with Crippen LogP contribution in [0, 0.1) is 0 Å². The van der Waals surface area contributed by atoms with Crippen LogP contribution in [0.3, 0.4) is 0 Å². The molecule has 0 radical (unpaired) electrons. The van der Waals surface area contributed by atoms with Crippen molar-refractivity contribution in [3.05, 3.63) is 95.6 Å². The van der Waals surface area contributed by atoms with E-state index in [4.69, 9.17) is 4.74 Å². The van der Waals surface area contributed by atoms with Gasteiger partial charge >= 0.3 is 5.97 Å². The van der Waals surface area contributed by atoms with Gasteiger partial charge in [0.25, 0.3) is 0 Å². The van der Waals surface area contributed by atoms with Crippen LogP contribution >= 0.6 is 0 Å². The molecule has 2 heterocycles. The highest BCUT2D eigenvalue weighted by molar-refractivity contribution is 6.08. The molecule has 3 aromatic carbocycles. The van der Waals surface area contributed by atoms with Crippen LogP contribution in [0.2, 0.25) is 0 Å². The van der Waals surface area contributed by atoms with Crippen LogP contribution in [-0.2, 0) is 32.8 Å². The summed E-state index contributed by atoms with van der Waals surface area (Å²) >= 11 is 0. The van der Waals surface area contributed by atoms with E-state index in [9.17, 15) is 14.7 Å². The van der Waals surface area contributed by atoms with Crippen LogP contribution in [0.5, 0.6) is 5.75 Å². The molecule has 5 heteroatoms. The van der Waals surface area contributed by atoms with Gasteiger partial charge in [0.05, 0.1) is 6.42 Å². The third kappa shape index (κ3) is 4.11. The number of phenols is 1. The number of aromatic hydroxyl groups is 1. The number of ether oxygens (including phenoxy) is 1. The Morgan fingerprint density at radius 2 is 1.67 bits per heavy atom. The Balaban J connectivity index is 1.44. The zero-order valence-corrected chi connectivity index (χ0v) is 18.4. The SMILES string of the molecule is O=C1CC(CCc2ccc(O)cc2)(c2ccccc2)OC(=O)C1N1CCCc2ccccc21. The number of fused-ring (bicyclic) bond motifs is 1. The zero-order valence-electron chi connectivity index (χ0n) is 18.4. The molecule has 1 fully saturated rings. The molecule has 5 rings (SSSR count). The normalized spacial score (nSPS) is 22.5. The lowest BCUT2D eigenvalue weighted by molar-refractivity contribution is -0.175. The lowest BCUT2D eigenvalue weighted by atomic mass is 9.79. The molecular formula is C28H27NO4. The zero-order chi connectivity index (χ0) is 22.8. The Hall–Kier alpha value is -3.60. The number of Topliss-reactive ketones (excluding diaryl/α,β-unsaturated/α-hetero) is 1. The minimum atomic E-state index is -1.00. The minimum absolute atomic E-state index is 0.0995.